The Morgan fingerprint density at radius 2 is 1.88 bits per heavy atom. The molecule has 2 atom stereocenters. The van der Waals surface area contributed by atoms with E-state index in [0.717, 1.165) is 18.6 Å². The maximum Gasteiger partial charge on any atom is 0.0246 e. The standard InChI is InChI=1S/C14H30N2/c1-4-6-9-12-16(3)14-11-8-7-10-13(14)15-5-2/h13-15H,4-12H2,1-3H3. The summed E-state index contributed by atoms with van der Waals surface area (Å²) in [6, 6.07) is 1.52. The summed E-state index contributed by atoms with van der Waals surface area (Å²) in [6.07, 6.45) is 9.67. The second-order valence-corrected chi connectivity index (χ2v) is 5.20. The SMILES string of the molecule is CCCCCN(C)C1CCCCC1NCC. The van der Waals surface area contributed by atoms with E-state index in [-0.39, 0.29) is 0 Å². The molecule has 0 aromatic heterocycles. The highest BCUT2D eigenvalue weighted by atomic mass is 15.2. The van der Waals surface area contributed by atoms with Crippen molar-refractivity contribution in [1.29, 1.82) is 0 Å². The summed E-state index contributed by atoms with van der Waals surface area (Å²) in [7, 11) is 2.32. The topological polar surface area (TPSA) is 15.3 Å². The Bertz CT molecular complexity index is 168. The monoisotopic (exact) mass is 226 g/mol. The lowest BCUT2D eigenvalue weighted by molar-refractivity contribution is 0.148. The zero-order valence-corrected chi connectivity index (χ0v) is 11.5. The Hall–Kier alpha value is -0.0800. The third-order valence-corrected chi connectivity index (χ3v) is 3.88. The van der Waals surface area contributed by atoms with Crippen molar-refractivity contribution >= 4 is 0 Å². The molecule has 0 heterocycles. The average Bonchev–Trinajstić information content (AvgIpc) is 2.30. The fourth-order valence-corrected chi connectivity index (χ4v) is 2.92. The molecule has 1 saturated carbocycles. The molecule has 1 aliphatic carbocycles. The van der Waals surface area contributed by atoms with Gasteiger partial charge in [0.1, 0.15) is 0 Å². The molecule has 96 valence electrons. The normalized spacial score (nSPS) is 26.2. The first-order valence-electron chi connectivity index (χ1n) is 7.23. The summed E-state index contributed by atoms with van der Waals surface area (Å²) >= 11 is 0. The van der Waals surface area contributed by atoms with Crippen molar-refractivity contribution in [3.8, 4) is 0 Å². The smallest absolute Gasteiger partial charge is 0.0246 e. The first kappa shape index (κ1) is 14.0. The summed E-state index contributed by atoms with van der Waals surface area (Å²) in [4.78, 5) is 2.60. The summed E-state index contributed by atoms with van der Waals surface area (Å²) in [5.41, 5.74) is 0. The molecular formula is C14H30N2. The molecule has 2 heteroatoms. The Morgan fingerprint density at radius 3 is 2.56 bits per heavy atom. The highest BCUT2D eigenvalue weighted by molar-refractivity contribution is 4.86. The van der Waals surface area contributed by atoms with Gasteiger partial charge in [-0.15, -0.1) is 0 Å². The number of hydrogen-bond acceptors (Lipinski definition) is 2. The number of nitrogens with one attached hydrogen (secondary N) is 1. The van der Waals surface area contributed by atoms with E-state index in [0.29, 0.717) is 0 Å². The van der Waals surface area contributed by atoms with Crippen molar-refractivity contribution in [2.75, 3.05) is 20.1 Å². The van der Waals surface area contributed by atoms with Gasteiger partial charge in [0.15, 0.2) is 0 Å². The van der Waals surface area contributed by atoms with Crippen LogP contribution >= 0.6 is 0 Å². The van der Waals surface area contributed by atoms with Crippen molar-refractivity contribution in [1.82, 2.24) is 10.2 Å². The third-order valence-electron chi connectivity index (χ3n) is 3.88. The number of hydrogen-bond donors (Lipinski definition) is 1. The van der Waals surface area contributed by atoms with Gasteiger partial charge in [-0.1, -0.05) is 39.5 Å². The van der Waals surface area contributed by atoms with Crippen LogP contribution in [-0.4, -0.2) is 37.1 Å². The van der Waals surface area contributed by atoms with Crippen molar-refractivity contribution in [3.63, 3.8) is 0 Å². The van der Waals surface area contributed by atoms with Crippen molar-refractivity contribution in [2.24, 2.45) is 0 Å². The van der Waals surface area contributed by atoms with E-state index in [1.807, 2.05) is 0 Å². The maximum absolute atomic E-state index is 3.66. The van der Waals surface area contributed by atoms with Crippen LogP contribution in [0.5, 0.6) is 0 Å². The molecule has 0 amide bonds. The fraction of sp³-hybridized carbons (Fsp3) is 1.00. The van der Waals surface area contributed by atoms with Crippen LogP contribution in [0, 0.1) is 0 Å². The van der Waals surface area contributed by atoms with Crippen molar-refractivity contribution in [2.45, 2.75) is 70.9 Å². The first-order chi connectivity index (χ1) is 7.79. The number of likely N-dealkylation sites (N-methyl/N-ethyl adjacent to an activating group) is 2. The molecule has 1 aliphatic rings. The van der Waals surface area contributed by atoms with Gasteiger partial charge in [-0.05, 0) is 39.4 Å². The quantitative estimate of drug-likeness (QED) is 0.671. The second kappa shape index (κ2) is 8.08. The molecule has 0 aromatic carbocycles. The van der Waals surface area contributed by atoms with E-state index in [2.05, 4.69) is 31.1 Å². The Balaban J connectivity index is 2.34. The zero-order valence-electron chi connectivity index (χ0n) is 11.5. The molecule has 1 N–H and O–H groups in total. The van der Waals surface area contributed by atoms with Crippen LogP contribution in [0.15, 0.2) is 0 Å². The van der Waals surface area contributed by atoms with Crippen LogP contribution in [0.2, 0.25) is 0 Å². The van der Waals surface area contributed by atoms with E-state index in [1.54, 1.807) is 0 Å². The highest BCUT2D eigenvalue weighted by Gasteiger charge is 2.26. The predicted molar refractivity (Wildman–Crippen MR) is 71.9 cm³/mol. The molecule has 2 nitrogen and oxygen atoms in total. The molecule has 16 heavy (non-hydrogen) atoms. The summed E-state index contributed by atoms with van der Waals surface area (Å²) < 4.78 is 0. The van der Waals surface area contributed by atoms with Gasteiger partial charge in [0, 0.05) is 12.1 Å². The Kier molecular flexibility index (Phi) is 7.06. The van der Waals surface area contributed by atoms with Gasteiger partial charge in [0.05, 0.1) is 0 Å². The van der Waals surface area contributed by atoms with Gasteiger partial charge in [-0.2, -0.15) is 0 Å². The summed E-state index contributed by atoms with van der Waals surface area (Å²) in [5.74, 6) is 0. The van der Waals surface area contributed by atoms with Crippen LogP contribution < -0.4 is 5.32 Å². The molecule has 1 rings (SSSR count). The van der Waals surface area contributed by atoms with Gasteiger partial charge in [0.2, 0.25) is 0 Å². The molecule has 0 aromatic rings. The van der Waals surface area contributed by atoms with Crippen LogP contribution in [0.4, 0.5) is 0 Å². The summed E-state index contributed by atoms with van der Waals surface area (Å²) in [6.45, 7) is 6.90. The molecule has 0 bridgehead atoms. The molecule has 0 saturated heterocycles. The zero-order chi connectivity index (χ0) is 11.8. The van der Waals surface area contributed by atoms with Crippen molar-refractivity contribution < 1.29 is 0 Å². The van der Waals surface area contributed by atoms with Gasteiger partial charge in [-0.3, -0.25) is 0 Å². The second-order valence-electron chi connectivity index (χ2n) is 5.20. The van der Waals surface area contributed by atoms with Gasteiger partial charge in [-0.25, -0.2) is 0 Å². The van der Waals surface area contributed by atoms with E-state index in [1.165, 1.54) is 51.5 Å². The van der Waals surface area contributed by atoms with Gasteiger partial charge in [0.25, 0.3) is 0 Å². The lowest BCUT2D eigenvalue weighted by Crippen LogP contribution is -2.50. The Morgan fingerprint density at radius 1 is 1.12 bits per heavy atom. The molecular weight excluding hydrogens is 196 g/mol. The van der Waals surface area contributed by atoms with E-state index >= 15 is 0 Å². The minimum absolute atomic E-state index is 0.741. The van der Waals surface area contributed by atoms with Crippen molar-refractivity contribution in [3.05, 3.63) is 0 Å². The molecule has 0 spiro atoms. The number of rotatable bonds is 7. The van der Waals surface area contributed by atoms with Crippen LogP contribution in [0.25, 0.3) is 0 Å². The molecule has 0 aliphatic heterocycles. The number of nitrogens with zero attached hydrogens (tertiary/aromatic N) is 1. The molecule has 2 unspecified atom stereocenters. The van der Waals surface area contributed by atoms with Crippen LogP contribution in [0.3, 0.4) is 0 Å². The van der Waals surface area contributed by atoms with E-state index in [4.69, 9.17) is 0 Å². The predicted octanol–water partition coefficient (Wildman–Crippen LogP) is 3.03. The maximum atomic E-state index is 3.66. The minimum Gasteiger partial charge on any atom is -0.313 e. The van der Waals surface area contributed by atoms with E-state index in [9.17, 15) is 0 Å². The Labute approximate surface area is 102 Å². The fourth-order valence-electron chi connectivity index (χ4n) is 2.92. The molecule has 1 fully saturated rings. The minimum atomic E-state index is 0.741. The third kappa shape index (κ3) is 4.42. The van der Waals surface area contributed by atoms with Crippen LogP contribution in [0.1, 0.15) is 58.8 Å². The lowest BCUT2D eigenvalue weighted by atomic mass is 9.89. The first-order valence-corrected chi connectivity index (χ1v) is 7.23. The summed E-state index contributed by atoms with van der Waals surface area (Å²) in [5, 5.41) is 3.66. The van der Waals surface area contributed by atoms with E-state index < -0.39 is 0 Å². The average molecular weight is 226 g/mol. The van der Waals surface area contributed by atoms with Gasteiger partial charge >= 0.3 is 0 Å². The largest absolute Gasteiger partial charge is 0.313 e. The molecule has 0 radical (unpaired) electrons. The number of unbranched alkanes of at least 4 members (excludes halogenated alkanes) is 2. The lowest BCUT2D eigenvalue weighted by Gasteiger charge is -2.38. The van der Waals surface area contributed by atoms with Gasteiger partial charge < -0.3 is 10.2 Å². The van der Waals surface area contributed by atoms with Crippen LogP contribution in [-0.2, 0) is 0 Å². The highest BCUT2D eigenvalue weighted by Crippen LogP contribution is 2.22.